The number of nitrogens with one attached hydrogen (secondary N) is 2. The molecule has 0 saturated carbocycles. The highest BCUT2D eigenvalue weighted by atomic mass is 16.1. The fourth-order valence-electron chi connectivity index (χ4n) is 3.38. The molecule has 2 aliphatic heterocycles. The average Bonchev–Trinajstić information content (AvgIpc) is 2.41. The van der Waals surface area contributed by atoms with E-state index in [0.29, 0.717) is 18.2 Å². The number of rotatable bonds is 4. The molecule has 5 nitrogen and oxygen atoms in total. The Balaban J connectivity index is 0.000000220. The summed E-state index contributed by atoms with van der Waals surface area (Å²) in [5, 5.41) is 0. The zero-order valence-corrected chi connectivity index (χ0v) is 14.9. The van der Waals surface area contributed by atoms with Gasteiger partial charge in [-0.3, -0.25) is 9.69 Å². The lowest BCUT2D eigenvalue weighted by Gasteiger charge is -2.28. The van der Waals surface area contributed by atoms with Crippen LogP contribution in [-0.2, 0) is 9.59 Å². The lowest BCUT2D eigenvalue weighted by Crippen LogP contribution is -3.12. The van der Waals surface area contributed by atoms with Crippen LogP contribution in [0.3, 0.4) is 0 Å². The molecular formula is C17H35N3O2+2. The summed E-state index contributed by atoms with van der Waals surface area (Å²) in [4.78, 5) is 26.9. The Morgan fingerprint density at radius 1 is 1.00 bits per heavy atom. The molecule has 2 fully saturated rings. The highest BCUT2D eigenvalue weighted by Crippen LogP contribution is 2.11. The third-order valence-electron chi connectivity index (χ3n) is 4.59. The predicted octanol–water partition coefficient (Wildman–Crippen LogP) is -1.70. The monoisotopic (exact) mass is 313 g/mol. The molecular weight excluding hydrogens is 278 g/mol. The maximum atomic E-state index is 10.8. The highest BCUT2D eigenvalue weighted by Gasteiger charge is 2.21. The number of quaternary nitrogens is 2. The normalized spacial score (nSPS) is 26.9. The molecule has 2 atom stereocenters. The van der Waals surface area contributed by atoms with Gasteiger partial charge in [0.25, 0.3) is 0 Å². The van der Waals surface area contributed by atoms with Crippen molar-refractivity contribution >= 4 is 11.6 Å². The zero-order valence-electron chi connectivity index (χ0n) is 14.9. The second-order valence-electron chi connectivity index (χ2n) is 7.26. The number of ketones is 2. The Labute approximate surface area is 135 Å². The number of nitrogens with zero attached hydrogens (tertiary/aromatic N) is 1. The molecule has 22 heavy (non-hydrogen) atoms. The van der Waals surface area contributed by atoms with Gasteiger partial charge >= 0.3 is 0 Å². The first-order chi connectivity index (χ1) is 10.4. The van der Waals surface area contributed by atoms with E-state index in [4.69, 9.17) is 0 Å². The molecule has 0 aromatic carbocycles. The van der Waals surface area contributed by atoms with E-state index in [1.807, 2.05) is 0 Å². The van der Waals surface area contributed by atoms with Crippen molar-refractivity contribution < 1.29 is 19.4 Å². The van der Waals surface area contributed by atoms with Gasteiger partial charge in [-0.1, -0.05) is 0 Å². The zero-order chi connectivity index (χ0) is 16.5. The predicted molar refractivity (Wildman–Crippen MR) is 88.4 cm³/mol. The van der Waals surface area contributed by atoms with Gasteiger partial charge in [-0.05, 0) is 26.7 Å². The van der Waals surface area contributed by atoms with Crippen molar-refractivity contribution in [1.29, 1.82) is 0 Å². The van der Waals surface area contributed by atoms with Crippen LogP contribution in [0.25, 0.3) is 0 Å². The van der Waals surface area contributed by atoms with E-state index in [1.54, 1.807) is 23.6 Å². The minimum Gasteiger partial charge on any atom is -0.337 e. The van der Waals surface area contributed by atoms with Crippen molar-refractivity contribution in [3.05, 3.63) is 0 Å². The molecule has 128 valence electrons. The van der Waals surface area contributed by atoms with Crippen LogP contribution in [0.4, 0.5) is 0 Å². The second-order valence-corrected chi connectivity index (χ2v) is 7.26. The minimum atomic E-state index is 0.282. The largest absolute Gasteiger partial charge is 0.337 e. The molecule has 2 saturated heterocycles. The third-order valence-corrected chi connectivity index (χ3v) is 4.59. The van der Waals surface area contributed by atoms with Crippen molar-refractivity contribution in [1.82, 2.24) is 4.90 Å². The number of piperazine rings is 1. The maximum Gasteiger partial charge on any atom is 0.143 e. The summed E-state index contributed by atoms with van der Waals surface area (Å²) in [6.45, 7) is 11.0. The van der Waals surface area contributed by atoms with Crippen molar-refractivity contribution in [3.8, 4) is 0 Å². The fraction of sp³-hybridized carbons (Fsp3) is 0.882. The SMILES string of the molecule is CC(=O)CC1CCC[NH+](C)C1.CC(=O)CN1CC[NH+](C)CC1. The number of piperidine rings is 1. The van der Waals surface area contributed by atoms with E-state index < -0.39 is 0 Å². The van der Waals surface area contributed by atoms with Gasteiger partial charge in [0.15, 0.2) is 0 Å². The first-order valence-corrected chi connectivity index (χ1v) is 8.70. The summed E-state index contributed by atoms with van der Waals surface area (Å²) in [6, 6.07) is 0. The van der Waals surface area contributed by atoms with Gasteiger partial charge in [0.05, 0.1) is 46.8 Å². The lowest BCUT2D eigenvalue weighted by molar-refractivity contribution is -0.888. The van der Waals surface area contributed by atoms with Crippen molar-refractivity contribution in [3.63, 3.8) is 0 Å². The first kappa shape index (κ1) is 19.3. The molecule has 2 N–H and O–H groups in total. The molecule has 2 rings (SSSR count). The number of likely N-dealkylation sites (tertiary alicyclic amines) is 1. The van der Waals surface area contributed by atoms with Crippen LogP contribution < -0.4 is 9.80 Å². The van der Waals surface area contributed by atoms with E-state index in [0.717, 1.165) is 19.5 Å². The Morgan fingerprint density at radius 3 is 2.14 bits per heavy atom. The van der Waals surface area contributed by atoms with Gasteiger partial charge in [0.1, 0.15) is 11.6 Å². The summed E-state index contributed by atoms with van der Waals surface area (Å²) >= 11 is 0. The molecule has 0 bridgehead atoms. The quantitative estimate of drug-likeness (QED) is 0.650. The van der Waals surface area contributed by atoms with E-state index in [-0.39, 0.29) is 5.78 Å². The summed E-state index contributed by atoms with van der Waals surface area (Å²) in [6.07, 6.45) is 3.36. The van der Waals surface area contributed by atoms with Crippen molar-refractivity contribution in [2.24, 2.45) is 5.92 Å². The highest BCUT2D eigenvalue weighted by molar-refractivity contribution is 5.77. The molecule has 5 heteroatoms. The van der Waals surface area contributed by atoms with E-state index in [2.05, 4.69) is 19.0 Å². The smallest absolute Gasteiger partial charge is 0.143 e. The van der Waals surface area contributed by atoms with E-state index in [9.17, 15) is 9.59 Å². The molecule has 2 heterocycles. The lowest BCUT2D eigenvalue weighted by atomic mass is 9.94. The third kappa shape index (κ3) is 8.61. The number of carbonyl (C=O) groups excluding carboxylic acids is 2. The van der Waals surface area contributed by atoms with Crippen LogP contribution in [0.5, 0.6) is 0 Å². The molecule has 0 spiro atoms. The van der Waals surface area contributed by atoms with Gasteiger partial charge in [0.2, 0.25) is 0 Å². The van der Waals surface area contributed by atoms with Crippen LogP contribution in [0.2, 0.25) is 0 Å². The second kappa shape index (κ2) is 10.1. The van der Waals surface area contributed by atoms with Gasteiger partial charge < -0.3 is 14.6 Å². The first-order valence-electron chi connectivity index (χ1n) is 8.70. The number of hydrogen-bond acceptors (Lipinski definition) is 3. The Kier molecular flexibility index (Phi) is 8.83. The van der Waals surface area contributed by atoms with Crippen LogP contribution in [-0.4, -0.2) is 76.4 Å². The van der Waals surface area contributed by atoms with Crippen LogP contribution >= 0.6 is 0 Å². The van der Waals surface area contributed by atoms with Crippen molar-refractivity contribution in [2.75, 3.05) is 59.9 Å². The molecule has 0 radical (unpaired) electrons. The van der Waals surface area contributed by atoms with Gasteiger partial charge in [-0.15, -0.1) is 0 Å². The Morgan fingerprint density at radius 2 is 1.64 bits per heavy atom. The van der Waals surface area contributed by atoms with Gasteiger partial charge in [0, 0.05) is 25.4 Å². The van der Waals surface area contributed by atoms with E-state index in [1.165, 1.54) is 39.0 Å². The van der Waals surface area contributed by atoms with Crippen LogP contribution in [0.1, 0.15) is 33.1 Å². The number of Topliss-reactive ketones (excluding diaryl/α,β-unsaturated/α-hetero) is 2. The molecule has 2 unspecified atom stereocenters. The molecule has 0 aromatic rings. The van der Waals surface area contributed by atoms with Crippen LogP contribution in [0, 0.1) is 5.92 Å². The standard InChI is InChI=1S/C9H17NO.C8H16N2O/c1-8(11)6-9-4-3-5-10(2)7-9;1-8(11)7-10-5-3-9(2)4-6-10/h9H,3-7H2,1-2H3;3-7H2,1-2H3/p+2. The average molecular weight is 313 g/mol. The Bertz CT molecular complexity index is 352. The molecule has 2 aliphatic rings. The number of carbonyl (C=O) groups is 2. The fourth-order valence-corrected chi connectivity index (χ4v) is 3.38. The summed E-state index contributed by atoms with van der Waals surface area (Å²) in [5.74, 6) is 1.30. The molecule has 0 aromatic heterocycles. The summed E-state index contributed by atoms with van der Waals surface area (Å²) in [7, 11) is 4.41. The van der Waals surface area contributed by atoms with Gasteiger partial charge in [-0.2, -0.15) is 0 Å². The number of likely N-dealkylation sites (N-methyl/N-ethyl adjacent to an activating group) is 1. The minimum absolute atomic E-state index is 0.282. The number of hydrogen-bond donors (Lipinski definition) is 2. The Hall–Kier alpha value is -0.780. The molecule has 0 amide bonds. The van der Waals surface area contributed by atoms with Crippen molar-refractivity contribution in [2.45, 2.75) is 33.1 Å². The summed E-state index contributed by atoms with van der Waals surface area (Å²) in [5.41, 5.74) is 0. The maximum absolute atomic E-state index is 10.8. The summed E-state index contributed by atoms with van der Waals surface area (Å²) < 4.78 is 0. The van der Waals surface area contributed by atoms with Gasteiger partial charge in [-0.25, -0.2) is 0 Å². The van der Waals surface area contributed by atoms with E-state index >= 15 is 0 Å². The topological polar surface area (TPSA) is 46.3 Å². The molecule has 0 aliphatic carbocycles. The van der Waals surface area contributed by atoms with Crippen LogP contribution in [0.15, 0.2) is 0 Å².